The number of fused-ring (bicyclic) bond motifs is 1. The summed E-state index contributed by atoms with van der Waals surface area (Å²) in [4.78, 5) is 15.3. The minimum atomic E-state index is -0.754. The molecule has 2 heterocycles. The third-order valence-corrected chi connectivity index (χ3v) is 4.04. The zero-order valence-corrected chi connectivity index (χ0v) is 10.4. The number of aliphatic hydroxyl groups is 1. The largest absolute Gasteiger partial charge is 0.369 e. The quantitative estimate of drug-likeness (QED) is 0.778. The van der Waals surface area contributed by atoms with E-state index in [2.05, 4.69) is 0 Å². The minimum Gasteiger partial charge on any atom is -0.369 e. The van der Waals surface area contributed by atoms with Gasteiger partial charge in [0.2, 0.25) is 0 Å². The van der Waals surface area contributed by atoms with E-state index >= 15 is 0 Å². The summed E-state index contributed by atoms with van der Waals surface area (Å²) >= 11 is 0. The summed E-state index contributed by atoms with van der Waals surface area (Å²) in [5.41, 5.74) is 1.40. The fourth-order valence-corrected chi connectivity index (χ4v) is 2.98. The number of likely N-dealkylation sites (tertiary alicyclic amines) is 1. The molecule has 0 radical (unpaired) electrons. The van der Waals surface area contributed by atoms with Crippen LogP contribution in [0.1, 0.15) is 35.0 Å². The molecule has 2 N–H and O–H groups in total. The SMILES string of the molecule is O=C1c2ccccc2[C@@H](O)N1CC[NH+]1CCCC1. The molecular weight excluding hydrogens is 228 g/mol. The van der Waals surface area contributed by atoms with E-state index in [0.29, 0.717) is 12.1 Å². The van der Waals surface area contributed by atoms with Gasteiger partial charge in [-0.25, -0.2) is 0 Å². The Labute approximate surface area is 107 Å². The topological polar surface area (TPSA) is 45.0 Å². The molecule has 0 unspecified atom stereocenters. The van der Waals surface area contributed by atoms with Gasteiger partial charge in [-0.05, 0) is 6.07 Å². The van der Waals surface area contributed by atoms with Crippen LogP contribution < -0.4 is 4.90 Å². The summed E-state index contributed by atoms with van der Waals surface area (Å²) in [6.45, 7) is 3.98. The molecule has 1 fully saturated rings. The summed E-state index contributed by atoms with van der Waals surface area (Å²) < 4.78 is 0. The Balaban J connectivity index is 1.69. The monoisotopic (exact) mass is 247 g/mol. The Morgan fingerprint density at radius 2 is 2.00 bits per heavy atom. The highest BCUT2D eigenvalue weighted by atomic mass is 16.3. The molecule has 1 saturated heterocycles. The standard InChI is InChI=1S/C14H18N2O2/c17-13-11-5-1-2-6-12(11)14(18)16(13)10-9-15-7-3-4-8-15/h1-2,5-6,13,17H,3-4,7-10H2/p+1/t13-/m1/s1. The van der Waals surface area contributed by atoms with Crippen molar-refractivity contribution in [2.45, 2.75) is 19.1 Å². The Morgan fingerprint density at radius 3 is 2.72 bits per heavy atom. The Kier molecular flexibility index (Phi) is 3.06. The molecule has 18 heavy (non-hydrogen) atoms. The Bertz CT molecular complexity index is 455. The van der Waals surface area contributed by atoms with Gasteiger partial charge in [0.15, 0.2) is 6.23 Å². The molecule has 1 aromatic carbocycles. The van der Waals surface area contributed by atoms with Crippen molar-refractivity contribution in [3.8, 4) is 0 Å². The van der Waals surface area contributed by atoms with Gasteiger partial charge in [0.1, 0.15) is 0 Å². The van der Waals surface area contributed by atoms with Gasteiger partial charge >= 0.3 is 0 Å². The van der Waals surface area contributed by atoms with E-state index in [1.54, 1.807) is 15.9 Å². The van der Waals surface area contributed by atoms with Crippen LogP contribution in [0.15, 0.2) is 24.3 Å². The molecule has 2 aliphatic heterocycles. The lowest BCUT2D eigenvalue weighted by atomic mass is 10.1. The van der Waals surface area contributed by atoms with E-state index in [0.717, 1.165) is 12.1 Å². The predicted molar refractivity (Wildman–Crippen MR) is 67.2 cm³/mol. The normalized spacial score (nSPS) is 23.7. The summed E-state index contributed by atoms with van der Waals surface area (Å²) in [5.74, 6) is -0.0308. The van der Waals surface area contributed by atoms with Gasteiger partial charge in [-0.2, -0.15) is 0 Å². The smallest absolute Gasteiger partial charge is 0.256 e. The van der Waals surface area contributed by atoms with Crippen LogP contribution in [0.4, 0.5) is 0 Å². The summed E-state index contributed by atoms with van der Waals surface area (Å²) in [6, 6.07) is 7.34. The minimum absolute atomic E-state index is 0.0308. The highest BCUT2D eigenvalue weighted by Crippen LogP contribution is 2.30. The average Bonchev–Trinajstić information content (AvgIpc) is 2.98. The van der Waals surface area contributed by atoms with E-state index in [-0.39, 0.29) is 5.91 Å². The third kappa shape index (κ3) is 1.91. The third-order valence-electron chi connectivity index (χ3n) is 4.04. The first-order valence-electron chi connectivity index (χ1n) is 6.69. The summed E-state index contributed by atoms with van der Waals surface area (Å²) in [5, 5.41) is 10.2. The molecule has 3 rings (SSSR count). The first-order chi connectivity index (χ1) is 8.77. The molecule has 4 nitrogen and oxygen atoms in total. The van der Waals surface area contributed by atoms with Crippen LogP contribution in [0.5, 0.6) is 0 Å². The van der Waals surface area contributed by atoms with Gasteiger partial charge in [0.25, 0.3) is 5.91 Å². The Hall–Kier alpha value is -1.39. The van der Waals surface area contributed by atoms with Crippen molar-refractivity contribution in [1.82, 2.24) is 4.90 Å². The number of carbonyl (C=O) groups is 1. The van der Waals surface area contributed by atoms with Crippen molar-refractivity contribution in [2.75, 3.05) is 26.2 Å². The van der Waals surface area contributed by atoms with Crippen LogP contribution in [0.3, 0.4) is 0 Å². The number of nitrogens with zero attached hydrogens (tertiary/aromatic N) is 1. The molecule has 0 bridgehead atoms. The average molecular weight is 247 g/mol. The molecule has 96 valence electrons. The van der Waals surface area contributed by atoms with Crippen LogP contribution in [-0.2, 0) is 0 Å². The van der Waals surface area contributed by atoms with E-state index in [4.69, 9.17) is 0 Å². The molecule has 1 aromatic rings. The first kappa shape index (κ1) is 11.7. The van der Waals surface area contributed by atoms with Gasteiger partial charge < -0.3 is 14.9 Å². The van der Waals surface area contributed by atoms with Crippen molar-refractivity contribution >= 4 is 5.91 Å². The zero-order valence-electron chi connectivity index (χ0n) is 10.4. The van der Waals surface area contributed by atoms with Crippen LogP contribution in [-0.4, -0.2) is 42.1 Å². The summed E-state index contributed by atoms with van der Waals surface area (Å²) in [7, 11) is 0. The fourth-order valence-electron chi connectivity index (χ4n) is 2.98. The van der Waals surface area contributed by atoms with Gasteiger partial charge in [-0.15, -0.1) is 0 Å². The van der Waals surface area contributed by atoms with Gasteiger partial charge in [-0.1, -0.05) is 18.2 Å². The second-order valence-electron chi connectivity index (χ2n) is 5.17. The number of aliphatic hydroxyl groups excluding tert-OH is 1. The number of hydrogen-bond donors (Lipinski definition) is 2. The molecule has 1 amide bonds. The molecule has 4 heteroatoms. The van der Waals surface area contributed by atoms with Crippen LogP contribution in [0, 0.1) is 0 Å². The van der Waals surface area contributed by atoms with E-state index in [1.807, 2.05) is 18.2 Å². The number of nitrogens with one attached hydrogen (secondary N) is 1. The van der Waals surface area contributed by atoms with Crippen molar-refractivity contribution in [2.24, 2.45) is 0 Å². The fraction of sp³-hybridized carbons (Fsp3) is 0.500. The lowest BCUT2D eigenvalue weighted by Crippen LogP contribution is -3.10. The maximum Gasteiger partial charge on any atom is 0.256 e. The number of quaternary nitrogens is 1. The lowest BCUT2D eigenvalue weighted by molar-refractivity contribution is -0.886. The predicted octanol–water partition coefficient (Wildman–Crippen LogP) is -0.188. The van der Waals surface area contributed by atoms with E-state index < -0.39 is 6.23 Å². The second kappa shape index (κ2) is 4.71. The maximum atomic E-state index is 12.2. The lowest BCUT2D eigenvalue weighted by Gasteiger charge is -2.22. The first-order valence-corrected chi connectivity index (χ1v) is 6.69. The second-order valence-corrected chi connectivity index (χ2v) is 5.17. The van der Waals surface area contributed by atoms with Crippen molar-refractivity contribution < 1.29 is 14.8 Å². The van der Waals surface area contributed by atoms with E-state index in [9.17, 15) is 9.90 Å². The number of amides is 1. The zero-order chi connectivity index (χ0) is 12.5. The maximum absolute atomic E-state index is 12.2. The molecule has 0 saturated carbocycles. The molecule has 0 spiro atoms. The summed E-state index contributed by atoms with van der Waals surface area (Å²) in [6.07, 6.45) is 1.81. The van der Waals surface area contributed by atoms with Gasteiger partial charge in [-0.3, -0.25) is 4.79 Å². The molecular formula is C14H19N2O2+. The molecule has 2 aliphatic rings. The molecule has 0 aliphatic carbocycles. The number of rotatable bonds is 3. The molecule has 0 aromatic heterocycles. The van der Waals surface area contributed by atoms with Crippen LogP contribution >= 0.6 is 0 Å². The highest BCUT2D eigenvalue weighted by molar-refractivity contribution is 5.98. The van der Waals surface area contributed by atoms with Crippen molar-refractivity contribution in [3.63, 3.8) is 0 Å². The number of benzene rings is 1. The van der Waals surface area contributed by atoms with E-state index in [1.165, 1.54) is 25.9 Å². The number of hydrogen-bond acceptors (Lipinski definition) is 2. The van der Waals surface area contributed by atoms with Crippen LogP contribution in [0.25, 0.3) is 0 Å². The van der Waals surface area contributed by atoms with Gasteiger partial charge in [0, 0.05) is 24.0 Å². The van der Waals surface area contributed by atoms with Crippen LogP contribution in [0.2, 0.25) is 0 Å². The highest BCUT2D eigenvalue weighted by Gasteiger charge is 2.35. The van der Waals surface area contributed by atoms with Crippen molar-refractivity contribution in [3.05, 3.63) is 35.4 Å². The van der Waals surface area contributed by atoms with Gasteiger partial charge in [0.05, 0.1) is 26.2 Å². The Morgan fingerprint density at radius 1 is 1.28 bits per heavy atom. The molecule has 1 atom stereocenters. The number of carbonyl (C=O) groups excluding carboxylic acids is 1. The van der Waals surface area contributed by atoms with Crippen molar-refractivity contribution in [1.29, 1.82) is 0 Å².